The topological polar surface area (TPSA) is 56.8 Å². The molecule has 3 rings (SSSR count). The van der Waals surface area contributed by atoms with Crippen LogP contribution in [0.3, 0.4) is 0 Å². The van der Waals surface area contributed by atoms with Gasteiger partial charge in [-0.1, -0.05) is 22.0 Å². The lowest BCUT2D eigenvalue weighted by molar-refractivity contribution is -0.123. The van der Waals surface area contributed by atoms with Crippen molar-refractivity contribution in [2.24, 2.45) is 0 Å². The second kappa shape index (κ2) is 8.20. The predicted molar refractivity (Wildman–Crippen MR) is 93.7 cm³/mol. The van der Waals surface area contributed by atoms with Gasteiger partial charge in [0.2, 0.25) is 0 Å². The lowest BCUT2D eigenvalue weighted by Gasteiger charge is -2.18. The molecule has 1 N–H and O–H groups in total. The Morgan fingerprint density at radius 2 is 1.96 bits per heavy atom. The smallest absolute Gasteiger partial charge is 0.257 e. The molecular weight excluding hydrogens is 393 g/mol. The highest BCUT2D eigenvalue weighted by Crippen LogP contribution is 2.30. The molecule has 0 saturated carbocycles. The highest BCUT2D eigenvalue weighted by molar-refractivity contribution is 9.10. The fourth-order valence-corrected chi connectivity index (χ4v) is 2.71. The summed E-state index contributed by atoms with van der Waals surface area (Å²) in [4.78, 5) is 11.8. The standard InChI is InChI=1S/C18H17BrFNO4/c19-13-2-4-15(14(20)10-13)25-11-18(22)21-6-5-12-1-3-16-17(9-12)24-8-7-23-16/h1-4,9-10H,5-8,11H2,(H,21,22). The van der Waals surface area contributed by atoms with Gasteiger partial charge in [-0.15, -0.1) is 0 Å². The lowest BCUT2D eigenvalue weighted by atomic mass is 10.1. The van der Waals surface area contributed by atoms with E-state index in [2.05, 4.69) is 21.2 Å². The Hall–Kier alpha value is -2.28. The Kier molecular flexibility index (Phi) is 5.75. The number of fused-ring (bicyclic) bond motifs is 1. The molecule has 0 spiro atoms. The molecule has 25 heavy (non-hydrogen) atoms. The number of nitrogens with one attached hydrogen (secondary N) is 1. The zero-order chi connectivity index (χ0) is 17.6. The molecule has 0 aromatic heterocycles. The molecule has 0 saturated heterocycles. The monoisotopic (exact) mass is 409 g/mol. The van der Waals surface area contributed by atoms with Gasteiger partial charge >= 0.3 is 0 Å². The average molecular weight is 410 g/mol. The van der Waals surface area contributed by atoms with Crippen molar-refractivity contribution >= 4 is 21.8 Å². The molecule has 132 valence electrons. The van der Waals surface area contributed by atoms with Gasteiger partial charge in [0.05, 0.1) is 0 Å². The number of carbonyl (C=O) groups is 1. The van der Waals surface area contributed by atoms with E-state index >= 15 is 0 Å². The first kappa shape index (κ1) is 17.5. The minimum absolute atomic E-state index is 0.0465. The van der Waals surface area contributed by atoms with Gasteiger partial charge in [0.15, 0.2) is 29.7 Å². The number of hydrogen-bond donors (Lipinski definition) is 1. The maximum absolute atomic E-state index is 13.6. The van der Waals surface area contributed by atoms with Crippen LogP contribution in [0.1, 0.15) is 5.56 Å². The predicted octanol–water partition coefficient (Wildman–Crippen LogP) is 3.10. The SMILES string of the molecule is O=C(COc1ccc(Br)cc1F)NCCc1ccc2c(c1)OCCO2. The van der Waals surface area contributed by atoms with E-state index in [1.807, 2.05) is 18.2 Å². The molecule has 1 aliphatic heterocycles. The number of rotatable bonds is 6. The van der Waals surface area contributed by atoms with Gasteiger partial charge in [-0.3, -0.25) is 4.79 Å². The van der Waals surface area contributed by atoms with Crippen molar-refractivity contribution in [3.05, 3.63) is 52.3 Å². The van der Waals surface area contributed by atoms with E-state index < -0.39 is 5.82 Å². The number of benzene rings is 2. The van der Waals surface area contributed by atoms with E-state index in [1.165, 1.54) is 12.1 Å². The highest BCUT2D eigenvalue weighted by Gasteiger charge is 2.12. The van der Waals surface area contributed by atoms with Crippen LogP contribution in [0, 0.1) is 5.82 Å². The van der Waals surface area contributed by atoms with Crippen LogP contribution in [0.25, 0.3) is 0 Å². The number of halogens is 2. The molecule has 0 fully saturated rings. The van der Waals surface area contributed by atoms with E-state index in [0.717, 1.165) is 17.1 Å². The number of ether oxygens (including phenoxy) is 3. The summed E-state index contributed by atoms with van der Waals surface area (Å²) in [7, 11) is 0. The van der Waals surface area contributed by atoms with Crippen molar-refractivity contribution in [1.29, 1.82) is 0 Å². The maximum atomic E-state index is 13.6. The quantitative estimate of drug-likeness (QED) is 0.796. The number of amides is 1. The summed E-state index contributed by atoms with van der Waals surface area (Å²) in [5.74, 6) is 0.691. The zero-order valence-corrected chi connectivity index (χ0v) is 15.0. The molecule has 1 aliphatic rings. The molecule has 2 aromatic carbocycles. The lowest BCUT2D eigenvalue weighted by Crippen LogP contribution is -2.30. The van der Waals surface area contributed by atoms with Crippen LogP contribution in [0.15, 0.2) is 40.9 Å². The first-order valence-electron chi connectivity index (χ1n) is 7.85. The summed E-state index contributed by atoms with van der Waals surface area (Å²) in [6.45, 7) is 1.31. The molecule has 0 atom stereocenters. The molecule has 1 amide bonds. The van der Waals surface area contributed by atoms with Crippen LogP contribution >= 0.6 is 15.9 Å². The van der Waals surface area contributed by atoms with Crippen molar-refractivity contribution < 1.29 is 23.4 Å². The number of carbonyl (C=O) groups excluding carboxylic acids is 1. The third kappa shape index (κ3) is 4.85. The van der Waals surface area contributed by atoms with Gasteiger partial charge in [-0.05, 0) is 42.3 Å². The van der Waals surface area contributed by atoms with Crippen molar-refractivity contribution in [1.82, 2.24) is 5.32 Å². The first-order valence-corrected chi connectivity index (χ1v) is 8.64. The molecule has 5 nitrogen and oxygen atoms in total. The normalized spacial score (nSPS) is 12.6. The van der Waals surface area contributed by atoms with E-state index in [-0.39, 0.29) is 18.3 Å². The van der Waals surface area contributed by atoms with Crippen LogP contribution in [0.5, 0.6) is 17.2 Å². The van der Waals surface area contributed by atoms with E-state index in [0.29, 0.717) is 30.7 Å². The van der Waals surface area contributed by atoms with Gasteiger partial charge in [0, 0.05) is 11.0 Å². The molecule has 0 radical (unpaired) electrons. The summed E-state index contributed by atoms with van der Waals surface area (Å²) in [6, 6.07) is 10.1. The first-order chi connectivity index (χ1) is 12.1. The van der Waals surface area contributed by atoms with Crippen molar-refractivity contribution in [2.45, 2.75) is 6.42 Å². The molecule has 1 heterocycles. The van der Waals surface area contributed by atoms with Gasteiger partial charge in [0.25, 0.3) is 5.91 Å². The van der Waals surface area contributed by atoms with Crippen LogP contribution < -0.4 is 19.5 Å². The van der Waals surface area contributed by atoms with Crippen molar-refractivity contribution in [3.8, 4) is 17.2 Å². The van der Waals surface area contributed by atoms with Crippen LogP contribution in [0.2, 0.25) is 0 Å². The van der Waals surface area contributed by atoms with Crippen molar-refractivity contribution in [3.63, 3.8) is 0 Å². The van der Waals surface area contributed by atoms with Gasteiger partial charge in [-0.25, -0.2) is 4.39 Å². The van der Waals surface area contributed by atoms with Gasteiger partial charge in [-0.2, -0.15) is 0 Å². The summed E-state index contributed by atoms with van der Waals surface area (Å²) < 4.78 is 30.4. The van der Waals surface area contributed by atoms with E-state index in [4.69, 9.17) is 14.2 Å². The third-order valence-electron chi connectivity index (χ3n) is 3.60. The number of hydrogen-bond acceptors (Lipinski definition) is 4. The van der Waals surface area contributed by atoms with Crippen molar-refractivity contribution in [2.75, 3.05) is 26.4 Å². The molecule has 0 aliphatic carbocycles. The Morgan fingerprint density at radius 1 is 1.16 bits per heavy atom. The maximum Gasteiger partial charge on any atom is 0.257 e. The summed E-state index contributed by atoms with van der Waals surface area (Å²) in [5, 5.41) is 2.74. The van der Waals surface area contributed by atoms with Crippen LogP contribution in [-0.4, -0.2) is 32.3 Å². The minimum atomic E-state index is -0.515. The molecule has 0 unspecified atom stereocenters. The molecule has 0 bridgehead atoms. The Balaban J connectivity index is 1.43. The minimum Gasteiger partial charge on any atom is -0.486 e. The second-order valence-electron chi connectivity index (χ2n) is 5.44. The van der Waals surface area contributed by atoms with Crippen LogP contribution in [-0.2, 0) is 11.2 Å². The highest BCUT2D eigenvalue weighted by atomic mass is 79.9. The van der Waals surface area contributed by atoms with Crippen LogP contribution in [0.4, 0.5) is 4.39 Å². The fraction of sp³-hybridized carbons (Fsp3) is 0.278. The fourth-order valence-electron chi connectivity index (χ4n) is 2.38. The molecular formula is C18H17BrFNO4. The summed E-state index contributed by atoms with van der Waals surface area (Å²) in [6.07, 6.45) is 0.648. The summed E-state index contributed by atoms with van der Waals surface area (Å²) in [5.41, 5.74) is 1.03. The average Bonchev–Trinajstić information content (AvgIpc) is 2.61. The van der Waals surface area contributed by atoms with E-state index in [9.17, 15) is 9.18 Å². The summed E-state index contributed by atoms with van der Waals surface area (Å²) >= 11 is 3.16. The largest absolute Gasteiger partial charge is 0.486 e. The van der Waals surface area contributed by atoms with Gasteiger partial charge in [0.1, 0.15) is 13.2 Å². The third-order valence-corrected chi connectivity index (χ3v) is 4.09. The van der Waals surface area contributed by atoms with E-state index in [1.54, 1.807) is 6.07 Å². The van der Waals surface area contributed by atoms with Gasteiger partial charge < -0.3 is 19.5 Å². The Bertz CT molecular complexity index is 769. The Morgan fingerprint density at radius 3 is 2.76 bits per heavy atom. The zero-order valence-electron chi connectivity index (χ0n) is 13.4. The molecule has 2 aromatic rings. The second-order valence-corrected chi connectivity index (χ2v) is 6.36. The Labute approximate surface area is 153 Å². The molecule has 7 heteroatoms.